The second-order valence-corrected chi connectivity index (χ2v) is 1.08. The van der Waals surface area contributed by atoms with Gasteiger partial charge in [-0.25, -0.2) is 0 Å². The Balaban J connectivity index is -0.0000000286. The molecule has 8 heavy (non-hydrogen) atoms. The van der Waals surface area contributed by atoms with Crippen LogP contribution in [0.3, 0.4) is 0 Å². The molecular weight excluding hydrogens is 99.0 g/mol. The van der Waals surface area contributed by atoms with Crippen LogP contribution in [0.2, 0.25) is 0 Å². The van der Waals surface area contributed by atoms with E-state index in [0.717, 1.165) is 20.0 Å². The van der Waals surface area contributed by atoms with Crippen molar-refractivity contribution in [3.8, 4) is 0 Å². The molecular formula is C5H15LiO2. The third-order valence-corrected chi connectivity index (χ3v) is 0.512. The summed E-state index contributed by atoms with van der Waals surface area (Å²) in [5.74, 6) is 0. The fourth-order valence-electron chi connectivity index (χ4n) is 0.158. The maximum absolute atomic E-state index is 8.07. The smallest absolute Gasteiger partial charge is 1.00 e. The fourth-order valence-corrected chi connectivity index (χ4v) is 0.158. The molecule has 0 bridgehead atoms. The second kappa shape index (κ2) is 25.8. The predicted molar refractivity (Wildman–Crippen MR) is 31.2 cm³/mol. The van der Waals surface area contributed by atoms with Crippen molar-refractivity contribution in [2.24, 2.45) is 0 Å². The molecule has 2 nitrogen and oxygen atoms in total. The number of rotatable bonds is 2. The number of aliphatic hydroxyl groups excluding tert-OH is 2. The molecule has 0 aliphatic carbocycles. The first-order valence-electron chi connectivity index (χ1n) is 2.47. The van der Waals surface area contributed by atoms with Gasteiger partial charge in [0.1, 0.15) is 0 Å². The first-order chi connectivity index (χ1) is 3.41. The van der Waals surface area contributed by atoms with Crippen LogP contribution in [0.15, 0.2) is 0 Å². The Morgan fingerprint density at radius 3 is 1.75 bits per heavy atom. The van der Waals surface area contributed by atoms with E-state index in [1.807, 2.05) is 0 Å². The SMILES string of the molecule is CCCCO.CO.[H-].[Li+]. The minimum atomic E-state index is 0. The van der Waals surface area contributed by atoms with Crippen LogP contribution in [0.1, 0.15) is 21.2 Å². The van der Waals surface area contributed by atoms with Gasteiger partial charge in [-0.05, 0) is 6.42 Å². The maximum Gasteiger partial charge on any atom is 1.00 e. The molecule has 0 saturated heterocycles. The summed E-state index contributed by atoms with van der Waals surface area (Å²) in [6.07, 6.45) is 2.04. The van der Waals surface area contributed by atoms with Crippen LogP contribution in [0.25, 0.3) is 0 Å². The molecule has 0 aromatic rings. The molecule has 0 unspecified atom stereocenters. The van der Waals surface area contributed by atoms with Crippen molar-refractivity contribution in [2.45, 2.75) is 19.8 Å². The van der Waals surface area contributed by atoms with Crippen LogP contribution in [-0.4, -0.2) is 23.9 Å². The summed E-state index contributed by atoms with van der Waals surface area (Å²) in [7, 11) is 1.00. The predicted octanol–water partition coefficient (Wildman–Crippen LogP) is -2.50. The van der Waals surface area contributed by atoms with Crippen molar-refractivity contribution in [1.82, 2.24) is 0 Å². The Kier molecular flexibility index (Phi) is 51.0. The minimum Gasteiger partial charge on any atom is -1.00 e. The van der Waals surface area contributed by atoms with Crippen molar-refractivity contribution in [3.05, 3.63) is 0 Å². The molecule has 0 fully saturated rings. The molecule has 0 aromatic heterocycles. The first-order valence-corrected chi connectivity index (χ1v) is 2.47. The second-order valence-electron chi connectivity index (χ2n) is 1.08. The standard InChI is InChI=1S/C4H10O.CH4O.Li.H/c1-2-3-4-5;1-2;;/h5H,2-4H2,1H3;2H,1H3;;/q;;+1;-1. The average Bonchev–Trinajstić information content (AvgIpc) is 1.75. The summed E-state index contributed by atoms with van der Waals surface area (Å²) in [4.78, 5) is 0. The Morgan fingerprint density at radius 2 is 1.75 bits per heavy atom. The molecule has 48 valence electrons. The van der Waals surface area contributed by atoms with E-state index < -0.39 is 0 Å². The topological polar surface area (TPSA) is 40.5 Å². The van der Waals surface area contributed by atoms with E-state index in [2.05, 4.69) is 6.92 Å². The summed E-state index contributed by atoms with van der Waals surface area (Å²) in [5, 5.41) is 15.1. The number of aliphatic hydroxyl groups is 2. The Morgan fingerprint density at radius 1 is 1.38 bits per heavy atom. The zero-order chi connectivity index (χ0) is 6.12. The van der Waals surface area contributed by atoms with Crippen molar-refractivity contribution in [3.63, 3.8) is 0 Å². The molecule has 3 heteroatoms. The van der Waals surface area contributed by atoms with E-state index >= 15 is 0 Å². The molecule has 0 radical (unpaired) electrons. The Bertz CT molecular complexity index is 22.4. The quantitative estimate of drug-likeness (QED) is 0.390. The molecule has 0 atom stereocenters. The molecule has 0 aromatic carbocycles. The largest absolute Gasteiger partial charge is 1.00 e. The number of hydrogen-bond acceptors (Lipinski definition) is 2. The number of unbranched alkanes of at least 4 members (excludes halogenated alkanes) is 1. The Hall–Kier alpha value is 0.517. The van der Waals surface area contributed by atoms with E-state index in [0.29, 0.717) is 6.61 Å². The fraction of sp³-hybridized carbons (Fsp3) is 1.00. The van der Waals surface area contributed by atoms with Crippen LogP contribution in [0.4, 0.5) is 0 Å². The van der Waals surface area contributed by atoms with Gasteiger partial charge in [-0.3, -0.25) is 0 Å². The van der Waals surface area contributed by atoms with Gasteiger partial charge in [0.15, 0.2) is 0 Å². The van der Waals surface area contributed by atoms with Crippen LogP contribution in [0.5, 0.6) is 0 Å². The van der Waals surface area contributed by atoms with Gasteiger partial charge in [-0.1, -0.05) is 13.3 Å². The van der Waals surface area contributed by atoms with Crippen molar-refractivity contribution >= 4 is 0 Å². The summed E-state index contributed by atoms with van der Waals surface area (Å²) in [5.41, 5.74) is 0. The van der Waals surface area contributed by atoms with Crippen molar-refractivity contribution in [2.75, 3.05) is 13.7 Å². The molecule has 0 rings (SSSR count). The monoisotopic (exact) mass is 114 g/mol. The van der Waals surface area contributed by atoms with Crippen LogP contribution in [0, 0.1) is 0 Å². The van der Waals surface area contributed by atoms with Gasteiger partial charge < -0.3 is 11.6 Å². The number of hydrogen-bond donors (Lipinski definition) is 2. The summed E-state index contributed by atoms with van der Waals surface area (Å²) >= 11 is 0. The molecule has 0 amide bonds. The zero-order valence-corrected chi connectivity index (χ0v) is 6.02. The van der Waals surface area contributed by atoms with Crippen LogP contribution in [-0.2, 0) is 0 Å². The molecule has 0 aliphatic heterocycles. The zero-order valence-electron chi connectivity index (χ0n) is 7.02. The average molecular weight is 114 g/mol. The summed E-state index contributed by atoms with van der Waals surface area (Å²) in [6, 6.07) is 0. The first kappa shape index (κ1) is 15.8. The van der Waals surface area contributed by atoms with E-state index in [9.17, 15) is 0 Å². The van der Waals surface area contributed by atoms with Gasteiger partial charge in [0, 0.05) is 13.7 Å². The molecule has 0 spiro atoms. The van der Waals surface area contributed by atoms with E-state index in [-0.39, 0.29) is 20.3 Å². The van der Waals surface area contributed by atoms with E-state index in [1.54, 1.807) is 0 Å². The van der Waals surface area contributed by atoms with Crippen molar-refractivity contribution in [1.29, 1.82) is 0 Å². The van der Waals surface area contributed by atoms with Gasteiger partial charge >= 0.3 is 18.9 Å². The van der Waals surface area contributed by atoms with Crippen molar-refractivity contribution < 1.29 is 30.5 Å². The van der Waals surface area contributed by atoms with Gasteiger partial charge in [-0.2, -0.15) is 0 Å². The van der Waals surface area contributed by atoms with Gasteiger partial charge in [-0.15, -0.1) is 0 Å². The summed E-state index contributed by atoms with van der Waals surface area (Å²) in [6.45, 7) is 2.40. The normalized spacial score (nSPS) is 6.00. The minimum absolute atomic E-state index is 0. The van der Waals surface area contributed by atoms with Gasteiger partial charge in [0.25, 0.3) is 0 Å². The molecule has 0 saturated carbocycles. The third-order valence-electron chi connectivity index (χ3n) is 0.512. The molecule has 0 aliphatic rings. The molecule has 0 heterocycles. The summed E-state index contributed by atoms with van der Waals surface area (Å²) < 4.78 is 0. The van der Waals surface area contributed by atoms with Crippen LogP contribution >= 0.6 is 0 Å². The van der Waals surface area contributed by atoms with Gasteiger partial charge in [0.2, 0.25) is 0 Å². The molecule has 2 N–H and O–H groups in total. The van der Waals surface area contributed by atoms with Crippen LogP contribution < -0.4 is 18.9 Å². The third kappa shape index (κ3) is 31.3. The Labute approximate surface area is 64.6 Å². The van der Waals surface area contributed by atoms with Gasteiger partial charge in [0.05, 0.1) is 0 Å². The van der Waals surface area contributed by atoms with E-state index in [4.69, 9.17) is 10.2 Å². The maximum atomic E-state index is 8.07. The van der Waals surface area contributed by atoms with E-state index in [1.165, 1.54) is 0 Å².